The lowest BCUT2D eigenvalue weighted by Gasteiger charge is -2.38. The maximum absolute atomic E-state index is 14.2. The minimum atomic E-state index is -2.96. The Hall–Kier alpha value is -4.50. The van der Waals surface area contributed by atoms with E-state index in [-0.39, 0.29) is 64.9 Å². The number of carbonyl (C=O) groups excluding carboxylic acids is 3. The van der Waals surface area contributed by atoms with Gasteiger partial charge in [-0.2, -0.15) is 19.1 Å². The summed E-state index contributed by atoms with van der Waals surface area (Å²) in [5.74, 6) is -0.921. The van der Waals surface area contributed by atoms with Gasteiger partial charge in [-0.1, -0.05) is 23.7 Å². The third-order valence-corrected chi connectivity index (χ3v) is 8.78. The summed E-state index contributed by atoms with van der Waals surface area (Å²) in [6, 6.07) is 11.1. The number of aromatic nitrogens is 2. The average molecular weight is 623 g/mol. The number of benzene rings is 2. The van der Waals surface area contributed by atoms with Crippen LogP contribution in [0.15, 0.2) is 42.5 Å². The van der Waals surface area contributed by atoms with Gasteiger partial charge in [-0.3, -0.25) is 14.4 Å². The monoisotopic (exact) mass is 622 g/mol. The molecule has 1 aromatic heterocycles. The van der Waals surface area contributed by atoms with Crippen molar-refractivity contribution in [3.63, 3.8) is 0 Å². The Morgan fingerprint density at radius 2 is 1.91 bits per heavy atom. The summed E-state index contributed by atoms with van der Waals surface area (Å²) in [4.78, 5) is 44.5. The lowest BCUT2D eigenvalue weighted by Crippen LogP contribution is -2.50. The van der Waals surface area contributed by atoms with Crippen LogP contribution in [-0.2, 0) is 17.8 Å². The molecule has 10 nitrogen and oxygen atoms in total. The first-order valence-corrected chi connectivity index (χ1v) is 14.7. The Balaban J connectivity index is 1.35. The summed E-state index contributed by atoms with van der Waals surface area (Å²) in [5, 5.41) is 17.4. The third-order valence-electron chi connectivity index (χ3n) is 8.45. The molecule has 3 heterocycles. The smallest absolute Gasteiger partial charge is 0.387 e. The Morgan fingerprint density at radius 3 is 2.57 bits per heavy atom. The summed E-state index contributed by atoms with van der Waals surface area (Å²) in [7, 11) is 0. The highest BCUT2D eigenvalue weighted by Gasteiger charge is 2.44. The summed E-state index contributed by atoms with van der Waals surface area (Å²) >= 11 is 6.08. The van der Waals surface area contributed by atoms with E-state index in [4.69, 9.17) is 16.7 Å². The molecule has 3 aromatic rings. The fraction of sp³-hybridized carbons (Fsp3) is 0.387. The van der Waals surface area contributed by atoms with Gasteiger partial charge < -0.3 is 19.9 Å². The lowest BCUT2D eigenvalue weighted by molar-refractivity contribution is -0.125. The largest absolute Gasteiger partial charge is 0.435 e. The molecule has 0 unspecified atom stereocenters. The second-order valence-corrected chi connectivity index (χ2v) is 11.8. The van der Waals surface area contributed by atoms with Crippen molar-refractivity contribution >= 4 is 29.3 Å². The Labute approximate surface area is 257 Å². The van der Waals surface area contributed by atoms with Crippen LogP contribution in [0.5, 0.6) is 5.75 Å². The van der Waals surface area contributed by atoms with E-state index in [2.05, 4.69) is 10.1 Å². The molecule has 1 fully saturated rings. The molecule has 13 heteroatoms. The molecule has 2 aromatic carbocycles. The molecular weight excluding hydrogens is 594 g/mol. The first-order valence-electron chi connectivity index (χ1n) is 14.3. The van der Waals surface area contributed by atoms with Crippen LogP contribution in [0.1, 0.15) is 82.0 Å². The zero-order valence-electron chi connectivity index (χ0n) is 24.0. The van der Waals surface area contributed by atoms with Gasteiger partial charge in [0.2, 0.25) is 5.91 Å². The molecule has 3 aliphatic rings. The number of nitrogens with zero attached hydrogens (tertiary/aromatic N) is 5. The maximum Gasteiger partial charge on any atom is 0.387 e. The van der Waals surface area contributed by atoms with Crippen molar-refractivity contribution < 1.29 is 27.9 Å². The SMILES string of the molecule is C[C@@H]1Cc2nn3c(c2CN1C(=O)c1ccc(Cl)c(C#N)c1)C(=O)N([C@@H](C)c1ccc(OC(F)F)cc1)C[C@H]3C(=O)NC1CC1. The number of amides is 3. The number of hydrogen-bond donors (Lipinski definition) is 1. The summed E-state index contributed by atoms with van der Waals surface area (Å²) < 4.78 is 31.3. The van der Waals surface area contributed by atoms with E-state index >= 15 is 0 Å². The Morgan fingerprint density at radius 1 is 1.18 bits per heavy atom. The van der Waals surface area contributed by atoms with Gasteiger partial charge in [0.05, 0.1) is 35.4 Å². The predicted molar refractivity (Wildman–Crippen MR) is 154 cm³/mol. The number of halogens is 3. The number of alkyl halides is 2. The molecular formula is C31H29ClF2N6O4. The van der Waals surface area contributed by atoms with E-state index < -0.39 is 18.7 Å². The second-order valence-electron chi connectivity index (χ2n) is 11.4. The number of rotatable bonds is 7. The predicted octanol–water partition coefficient (Wildman–Crippen LogP) is 4.63. The molecule has 3 atom stereocenters. The zero-order valence-corrected chi connectivity index (χ0v) is 24.7. The van der Waals surface area contributed by atoms with Crippen molar-refractivity contribution in [2.75, 3.05) is 6.54 Å². The number of ether oxygens (including phenoxy) is 1. The summed E-state index contributed by atoms with van der Waals surface area (Å²) in [6.45, 7) is 0.873. The van der Waals surface area contributed by atoms with Gasteiger partial charge in [0.1, 0.15) is 23.6 Å². The molecule has 6 rings (SSSR count). The van der Waals surface area contributed by atoms with Crippen LogP contribution in [0.4, 0.5) is 8.78 Å². The number of hydrogen-bond acceptors (Lipinski definition) is 6. The second kappa shape index (κ2) is 11.5. The first-order chi connectivity index (χ1) is 21.0. The first kappa shape index (κ1) is 29.6. The van der Waals surface area contributed by atoms with Crippen LogP contribution in [0.2, 0.25) is 5.02 Å². The van der Waals surface area contributed by atoms with E-state index in [0.29, 0.717) is 28.8 Å². The zero-order chi connectivity index (χ0) is 31.3. The van der Waals surface area contributed by atoms with Gasteiger partial charge in [-0.05, 0) is 62.6 Å². The van der Waals surface area contributed by atoms with E-state index in [1.165, 1.54) is 28.9 Å². The van der Waals surface area contributed by atoms with Gasteiger partial charge in [-0.15, -0.1) is 0 Å². The van der Waals surface area contributed by atoms with Crippen molar-refractivity contribution in [2.45, 2.75) is 70.4 Å². The highest BCUT2D eigenvalue weighted by Crippen LogP contribution is 2.36. The third kappa shape index (κ3) is 5.48. The molecule has 0 bridgehead atoms. The van der Waals surface area contributed by atoms with Crippen LogP contribution in [-0.4, -0.2) is 62.5 Å². The average Bonchev–Trinajstić information content (AvgIpc) is 3.73. The molecule has 228 valence electrons. The fourth-order valence-corrected chi connectivity index (χ4v) is 6.00. The van der Waals surface area contributed by atoms with Gasteiger partial charge in [0.25, 0.3) is 11.8 Å². The fourth-order valence-electron chi connectivity index (χ4n) is 5.84. The minimum Gasteiger partial charge on any atom is -0.435 e. The molecule has 3 amide bonds. The van der Waals surface area contributed by atoms with Crippen molar-refractivity contribution in [3.05, 3.63) is 81.1 Å². The quantitative estimate of drug-likeness (QED) is 0.410. The number of fused-ring (bicyclic) bond motifs is 3. The minimum absolute atomic E-state index is 0.00351. The number of carbonyl (C=O) groups is 3. The summed E-state index contributed by atoms with van der Waals surface area (Å²) in [6.07, 6.45) is 2.14. The van der Waals surface area contributed by atoms with Gasteiger partial charge in [0.15, 0.2) is 0 Å². The molecule has 0 radical (unpaired) electrons. The highest BCUT2D eigenvalue weighted by atomic mass is 35.5. The van der Waals surface area contributed by atoms with E-state index in [1.807, 2.05) is 13.0 Å². The summed E-state index contributed by atoms with van der Waals surface area (Å²) in [5.41, 5.74) is 2.60. The van der Waals surface area contributed by atoms with Crippen LogP contribution in [0, 0.1) is 11.3 Å². The molecule has 0 spiro atoms. The lowest BCUT2D eigenvalue weighted by atomic mass is 9.96. The van der Waals surface area contributed by atoms with E-state index in [0.717, 1.165) is 12.8 Å². The number of nitriles is 1. The molecule has 1 saturated carbocycles. The van der Waals surface area contributed by atoms with E-state index in [9.17, 15) is 28.4 Å². The number of nitrogens with one attached hydrogen (secondary N) is 1. The Kier molecular flexibility index (Phi) is 7.75. The highest BCUT2D eigenvalue weighted by molar-refractivity contribution is 6.31. The van der Waals surface area contributed by atoms with Gasteiger partial charge in [-0.25, -0.2) is 4.68 Å². The van der Waals surface area contributed by atoms with Crippen LogP contribution in [0.25, 0.3) is 0 Å². The molecule has 0 saturated heterocycles. The van der Waals surface area contributed by atoms with Crippen LogP contribution < -0.4 is 10.1 Å². The van der Waals surface area contributed by atoms with Crippen molar-refractivity contribution in [2.24, 2.45) is 0 Å². The Bertz CT molecular complexity index is 1680. The van der Waals surface area contributed by atoms with E-state index in [1.54, 1.807) is 34.9 Å². The normalized spacial score (nSPS) is 20.1. The standard InChI is InChI=1S/C31H29ClF2N6O4/c1-16-11-25-23(14-38(16)29(42)19-5-10-24(32)20(12-19)13-35)27-30(43)39(15-26(40(27)37-25)28(41)36-21-6-7-21)17(2)18-3-8-22(9-4-18)44-31(33)34/h3-5,8-10,12,16-17,21,26,31H,6-7,11,14-15H2,1-2H3,(H,36,41)/t16-,17+,26+/m1/s1. The van der Waals surface area contributed by atoms with Crippen molar-refractivity contribution in [1.82, 2.24) is 24.9 Å². The van der Waals surface area contributed by atoms with Crippen LogP contribution >= 0.6 is 11.6 Å². The molecule has 1 aliphatic carbocycles. The van der Waals surface area contributed by atoms with Crippen molar-refractivity contribution in [1.29, 1.82) is 5.26 Å². The molecule has 44 heavy (non-hydrogen) atoms. The topological polar surface area (TPSA) is 121 Å². The van der Waals surface area contributed by atoms with Gasteiger partial charge >= 0.3 is 6.61 Å². The van der Waals surface area contributed by atoms with Crippen LogP contribution in [0.3, 0.4) is 0 Å². The maximum atomic E-state index is 14.2. The molecule has 1 N–H and O–H groups in total. The van der Waals surface area contributed by atoms with Gasteiger partial charge in [0, 0.05) is 29.6 Å². The van der Waals surface area contributed by atoms with Crippen molar-refractivity contribution in [3.8, 4) is 11.8 Å². The molecule has 2 aliphatic heterocycles.